The van der Waals surface area contributed by atoms with E-state index in [2.05, 4.69) is 11.7 Å². The van der Waals surface area contributed by atoms with Gasteiger partial charge in [-0.1, -0.05) is 43.0 Å². The van der Waals surface area contributed by atoms with Crippen molar-refractivity contribution in [3.63, 3.8) is 0 Å². The second kappa shape index (κ2) is 9.69. The van der Waals surface area contributed by atoms with E-state index in [1.165, 1.54) is 4.68 Å². The summed E-state index contributed by atoms with van der Waals surface area (Å²) >= 11 is 0. The number of benzene rings is 3. The third-order valence-electron chi connectivity index (χ3n) is 5.35. The molecule has 0 saturated heterocycles. The van der Waals surface area contributed by atoms with Gasteiger partial charge in [0.2, 0.25) is 5.82 Å². The average molecular weight is 466 g/mol. The van der Waals surface area contributed by atoms with Gasteiger partial charge in [0.1, 0.15) is 12.2 Å². The molecule has 0 aliphatic rings. The van der Waals surface area contributed by atoms with E-state index in [4.69, 9.17) is 18.9 Å². The summed E-state index contributed by atoms with van der Waals surface area (Å²) in [6.07, 6.45) is 3.26. The number of furan rings is 1. The van der Waals surface area contributed by atoms with Crippen molar-refractivity contribution < 1.29 is 13.9 Å². The van der Waals surface area contributed by atoms with Gasteiger partial charge in [-0.3, -0.25) is 4.79 Å². The van der Waals surface area contributed by atoms with Gasteiger partial charge in [-0.2, -0.15) is 9.78 Å². The smallest absolute Gasteiger partial charge is 0.282 e. The second-order valence-corrected chi connectivity index (χ2v) is 7.70. The fourth-order valence-corrected chi connectivity index (χ4v) is 3.75. The Hall–Kier alpha value is -4.65. The number of nitrogens with zero attached hydrogens (tertiary/aromatic N) is 3. The molecular weight excluding hydrogens is 442 g/mol. The van der Waals surface area contributed by atoms with Crippen molar-refractivity contribution in [3.8, 4) is 23.1 Å². The van der Waals surface area contributed by atoms with Gasteiger partial charge in [-0.15, -0.1) is 0 Å². The van der Waals surface area contributed by atoms with Crippen molar-refractivity contribution >= 4 is 28.1 Å². The van der Waals surface area contributed by atoms with E-state index in [0.717, 1.165) is 10.9 Å². The van der Waals surface area contributed by atoms with Crippen molar-refractivity contribution in [1.29, 1.82) is 0 Å². The molecule has 0 aliphatic heterocycles. The Bertz CT molecular complexity index is 1580. The monoisotopic (exact) mass is 465 g/mol. The summed E-state index contributed by atoms with van der Waals surface area (Å²) < 4.78 is 18.7. The lowest BCUT2D eigenvalue weighted by Gasteiger charge is -2.11. The zero-order valence-corrected chi connectivity index (χ0v) is 19.2. The molecule has 0 atom stereocenters. The summed E-state index contributed by atoms with van der Waals surface area (Å²) in [4.78, 5) is 18.1. The van der Waals surface area contributed by atoms with Gasteiger partial charge < -0.3 is 13.9 Å². The van der Waals surface area contributed by atoms with Crippen LogP contribution in [0.25, 0.3) is 33.5 Å². The molecule has 0 spiro atoms. The maximum Gasteiger partial charge on any atom is 0.282 e. The lowest BCUT2D eigenvalue weighted by Crippen LogP contribution is -2.20. The lowest BCUT2D eigenvalue weighted by molar-refractivity contribution is 0.297. The van der Waals surface area contributed by atoms with Crippen LogP contribution in [0.5, 0.6) is 11.5 Å². The molecular formula is C28H23N3O4. The molecule has 0 bridgehead atoms. The molecule has 174 valence electrons. The Morgan fingerprint density at radius 2 is 1.86 bits per heavy atom. The number of para-hydroxylation sites is 2. The van der Waals surface area contributed by atoms with E-state index in [0.29, 0.717) is 52.8 Å². The first kappa shape index (κ1) is 22.2. The molecule has 35 heavy (non-hydrogen) atoms. The summed E-state index contributed by atoms with van der Waals surface area (Å²) in [6.45, 7) is 6.43. The van der Waals surface area contributed by atoms with Crippen molar-refractivity contribution in [2.24, 2.45) is 5.10 Å². The first-order chi connectivity index (χ1) is 17.2. The largest absolute Gasteiger partial charge is 0.490 e. The highest BCUT2D eigenvalue weighted by Gasteiger charge is 2.16. The number of aromatic nitrogens is 2. The summed E-state index contributed by atoms with van der Waals surface area (Å²) in [5.74, 6) is 1.96. The Morgan fingerprint density at radius 3 is 2.69 bits per heavy atom. The summed E-state index contributed by atoms with van der Waals surface area (Å²) in [5.41, 5.74) is 1.71. The van der Waals surface area contributed by atoms with Crippen LogP contribution in [0.2, 0.25) is 0 Å². The highest BCUT2D eigenvalue weighted by atomic mass is 16.5. The first-order valence-corrected chi connectivity index (χ1v) is 11.2. The van der Waals surface area contributed by atoms with Crippen LogP contribution < -0.4 is 15.0 Å². The van der Waals surface area contributed by atoms with E-state index in [9.17, 15) is 4.79 Å². The minimum absolute atomic E-state index is 0.293. The van der Waals surface area contributed by atoms with E-state index in [1.807, 2.05) is 55.5 Å². The van der Waals surface area contributed by atoms with Crippen LogP contribution in [0.15, 0.2) is 99.8 Å². The number of hydrogen-bond acceptors (Lipinski definition) is 6. The molecule has 0 unspecified atom stereocenters. The van der Waals surface area contributed by atoms with Crippen molar-refractivity contribution in [3.05, 3.63) is 101 Å². The molecule has 2 aromatic heterocycles. The standard InChI is InChI=1S/C28H23N3O4/c1-3-15-34-24-14-13-19(16-25(24)33-4-2)18-29-31-27(26-17-20-9-5-8-12-23(20)35-26)30-22-11-7-6-10-21(22)28(31)32/h3,5-14,16-18H,1,4,15H2,2H3. The van der Waals surface area contributed by atoms with E-state index in [-0.39, 0.29) is 5.56 Å². The molecule has 7 nitrogen and oxygen atoms in total. The fourth-order valence-electron chi connectivity index (χ4n) is 3.75. The highest BCUT2D eigenvalue weighted by Crippen LogP contribution is 2.29. The topological polar surface area (TPSA) is 78.9 Å². The Kier molecular flexibility index (Phi) is 6.13. The highest BCUT2D eigenvalue weighted by molar-refractivity contribution is 5.85. The van der Waals surface area contributed by atoms with Gasteiger partial charge in [0.05, 0.1) is 23.7 Å². The van der Waals surface area contributed by atoms with Gasteiger partial charge in [0, 0.05) is 5.39 Å². The number of ether oxygens (including phenoxy) is 2. The van der Waals surface area contributed by atoms with Gasteiger partial charge in [-0.25, -0.2) is 4.98 Å². The third kappa shape index (κ3) is 4.44. The van der Waals surface area contributed by atoms with Crippen LogP contribution in [-0.2, 0) is 0 Å². The molecule has 7 heteroatoms. The van der Waals surface area contributed by atoms with Gasteiger partial charge in [0.25, 0.3) is 5.56 Å². The zero-order valence-electron chi connectivity index (χ0n) is 19.2. The summed E-state index contributed by atoms with van der Waals surface area (Å²) in [7, 11) is 0. The van der Waals surface area contributed by atoms with Crippen LogP contribution in [0.1, 0.15) is 12.5 Å². The maximum absolute atomic E-state index is 13.4. The lowest BCUT2D eigenvalue weighted by atomic mass is 10.2. The number of rotatable bonds is 8. The minimum atomic E-state index is -0.293. The van der Waals surface area contributed by atoms with Crippen LogP contribution >= 0.6 is 0 Å². The average Bonchev–Trinajstić information content (AvgIpc) is 3.32. The Morgan fingerprint density at radius 1 is 1.03 bits per heavy atom. The SMILES string of the molecule is C=CCOc1ccc(C=Nn2c(-c3cc4ccccc4o3)nc3ccccc3c2=O)cc1OCC. The van der Waals surface area contributed by atoms with Crippen LogP contribution in [0.4, 0.5) is 0 Å². The van der Waals surface area contributed by atoms with Crippen LogP contribution in [0, 0.1) is 0 Å². The molecule has 5 aromatic rings. The number of fused-ring (bicyclic) bond motifs is 2. The Labute approximate surface area is 201 Å². The number of hydrogen-bond donors (Lipinski definition) is 0. The summed E-state index contributed by atoms with van der Waals surface area (Å²) in [5, 5.41) is 5.89. The predicted octanol–water partition coefficient (Wildman–Crippen LogP) is 5.66. The molecule has 0 amide bonds. The predicted molar refractivity (Wildman–Crippen MR) is 138 cm³/mol. The first-order valence-electron chi connectivity index (χ1n) is 11.2. The quantitative estimate of drug-likeness (QED) is 0.218. The van der Waals surface area contributed by atoms with Gasteiger partial charge >= 0.3 is 0 Å². The molecule has 2 heterocycles. The van der Waals surface area contributed by atoms with E-state index < -0.39 is 0 Å². The molecule has 0 aliphatic carbocycles. The molecule has 0 fully saturated rings. The van der Waals surface area contributed by atoms with Gasteiger partial charge in [-0.05, 0) is 55.0 Å². The zero-order chi connectivity index (χ0) is 24.2. The Balaban J connectivity index is 1.62. The van der Waals surface area contributed by atoms with Crippen molar-refractivity contribution in [2.75, 3.05) is 13.2 Å². The maximum atomic E-state index is 13.4. The molecule has 3 aromatic carbocycles. The summed E-state index contributed by atoms with van der Waals surface area (Å²) in [6, 6.07) is 22.1. The minimum Gasteiger partial charge on any atom is -0.490 e. The van der Waals surface area contributed by atoms with Crippen molar-refractivity contribution in [2.45, 2.75) is 6.92 Å². The van der Waals surface area contributed by atoms with Crippen LogP contribution in [-0.4, -0.2) is 29.1 Å². The molecule has 0 saturated carbocycles. The van der Waals surface area contributed by atoms with E-state index in [1.54, 1.807) is 36.6 Å². The fraction of sp³-hybridized carbons (Fsp3) is 0.107. The van der Waals surface area contributed by atoms with E-state index >= 15 is 0 Å². The second-order valence-electron chi connectivity index (χ2n) is 7.70. The van der Waals surface area contributed by atoms with Crippen molar-refractivity contribution in [1.82, 2.24) is 9.66 Å². The van der Waals surface area contributed by atoms with Crippen LogP contribution in [0.3, 0.4) is 0 Å². The molecule has 5 rings (SSSR count). The van der Waals surface area contributed by atoms with Gasteiger partial charge in [0.15, 0.2) is 17.3 Å². The molecule has 0 N–H and O–H groups in total. The third-order valence-corrected chi connectivity index (χ3v) is 5.35. The normalized spacial score (nSPS) is 11.3. The molecule has 0 radical (unpaired) electrons.